The van der Waals surface area contributed by atoms with E-state index in [2.05, 4.69) is 0 Å². The van der Waals surface area contributed by atoms with Gasteiger partial charge in [0.1, 0.15) is 0 Å². The standard InChI is InChI=1S/C13H18O3/c1-11(15)16-9-5-8-13(10-14)12-6-3-2-4-7-12/h2-4,6-7,13-14H,5,8-10H2,1H3. The van der Waals surface area contributed by atoms with Gasteiger partial charge in [-0.2, -0.15) is 0 Å². The Morgan fingerprint density at radius 2 is 2.06 bits per heavy atom. The van der Waals surface area contributed by atoms with Crippen LogP contribution in [0.4, 0.5) is 0 Å². The molecule has 88 valence electrons. The second-order valence-electron chi connectivity index (χ2n) is 3.77. The molecule has 0 aromatic heterocycles. The highest BCUT2D eigenvalue weighted by Crippen LogP contribution is 2.20. The summed E-state index contributed by atoms with van der Waals surface area (Å²) in [6, 6.07) is 9.89. The molecule has 0 aliphatic rings. The van der Waals surface area contributed by atoms with Gasteiger partial charge in [-0.1, -0.05) is 30.3 Å². The largest absolute Gasteiger partial charge is 0.466 e. The van der Waals surface area contributed by atoms with Gasteiger partial charge in [0.2, 0.25) is 0 Å². The summed E-state index contributed by atoms with van der Waals surface area (Å²) in [5.74, 6) is -0.114. The molecule has 0 bridgehead atoms. The van der Waals surface area contributed by atoms with Crippen molar-refractivity contribution in [3.05, 3.63) is 35.9 Å². The minimum absolute atomic E-state index is 0.129. The van der Waals surface area contributed by atoms with Gasteiger partial charge in [0.25, 0.3) is 0 Å². The van der Waals surface area contributed by atoms with Gasteiger partial charge in [-0.25, -0.2) is 0 Å². The molecule has 0 saturated carbocycles. The monoisotopic (exact) mass is 222 g/mol. The zero-order chi connectivity index (χ0) is 11.8. The fourth-order valence-electron chi connectivity index (χ4n) is 1.63. The number of carbonyl (C=O) groups excluding carboxylic acids is 1. The fraction of sp³-hybridized carbons (Fsp3) is 0.462. The molecule has 0 radical (unpaired) electrons. The van der Waals surface area contributed by atoms with Crippen LogP contribution in [0.25, 0.3) is 0 Å². The molecular formula is C13H18O3. The molecule has 1 aromatic rings. The van der Waals surface area contributed by atoms with Gasteiger partial charge in [0.05, 0.1) is 6.61 Å². The minimum Gasteiger partial charge on any atom is -0.466 e. The van der Waals surface area contributed by atoms with Crippen LogP contribution in [0.5, 0.6) is 0 Å². The van der Waals surface area contributed by atoms with Gasteiger partial charge in [0, 0.05) is 19.4 Å². The van der Waals surface area contributed by atoms with Crippen molar-refractivity contribution in [2.75, 3.05) is 13.2 Å². The van der Waals surface area contributed by atoms with Crippen LogP contribution >= 0.6 is 0 Å². The molecule has 0 amide bonds. The molecule has 1 N–H and O–H groups in total. The predicted molar refractivity (Wildman–Crippen MR) is 62.1 cm³/mol. The number of esters is 1. The van der Waals surface area contributed by atoms with Crippen molar-refractivity contribution < 1.29 is 14.6 Å². The molecule has 1 aromatic carbocycles. The van der Waals surface area contributed by atoms with Crippen molar-refractivity contribution in [1.29, 1.82) is 0 Å². The maximum absolute atomic E-state index is 10.6. The summed E-state index contributed by atoms with van der Waals surface area (Å²) in [5.41, 5.74) is 1.13. The number of hydrogen-bond donors (Lipinski definition) is 1. The van der Waals surface area contributed by atoms with Crippen LogP contribution in [0, 0.1) is 0 Å². The first-order chi connectivity index (χ1) is 7.74. The summed E-state index contributed by atoms with van der Waals surface area (Å²) >= 11 is 0. The number of carbonyl (C=O) groups is 1. The third-order valence-corrected chi connectivity index (χ3v) is 2.49. The van der Waals surface area contributed by atoms with Crippen molar-refractivity contribution in [2.45, 2.75) is 25.7 Å². The van der Waals surface area contributed by atoms with Crippen molar-refractivity contribution in [3.8, 4) is 0 Å². The summed E-state index contributed by atoms with van der Waals surface area (Å²) in [4.78, 5) is 10.6. The van der Waals surface area contributed by atoms with E-state index in [4.69, 9.17) is 4.74 Å². The predicted octanol–water partition coefficient (Wildman–Crippen LogP) is 2.11. The lowest BCUT2D eigenvalue weighted by molar-refractivity contribution is -0.141. The van der Waals surface area contributed by atoms with E-state index in [0.29, 0.717) is 6.61 Å². The summed E-state index contributed by atoms with van der Waals surface area (Å²) < 4.78 is 4.85. The van der Waals surface area contributed by atoms with Crippen LogP contribution < -0.4 is 0 Å². The Hall–Kier alpha value is -1.35. The van der Waals surface area contributed by atoms with Crippen LogP contribution in [0.1, 0.15) is 31.2 Å². The first-order valence-electron chi connectivity index (χ1n) is 5.53. The topological polar surface area (TPSA) is 46.5 Å². The van der Waals surface area contributed by atoms with Crippen LogP contribution in [0.2, 0.25) is 0 Å². The van der Waals surface area contributed by atoms with E-state index in [1.807, 2.05) is 30.3 Å². The Morgan fingerprint density at radius 1 is 1.38 bits per heavy atom. The van der Waals surface area contributed by atoms with Crippen molar-refractivity contribution in [1.82, 2.24) is 0 Å². The SMILES string of the molecule is CC(=O)OCCCC(CO)c1ccccc1. The normalized spacial score (nSPS) is 12.1. The van der Waals surface area contributed by atoms with E-state index in [9.17, 15) is 9.90 Å². The second kappa shape index (κ2) is 7.01. The fourth-order valence-corrected chi connectivity index (χ4v) is 1.63. The quantitative estimate of drug-likeness (QED) is 0.592. The van der Waals surface area contributed by atoms with Crippen LogP contribution in [0.3, 0.4) is 0 Å². The zero-order valence-corrected chi connectivity index (χ0v) is 9.56. The molecule has 0 spiro atoms. The van der Waals surface area contributed by atoms with Crippen molar-refractivity contribution in [2.24, 2.45) is 0 Å². The van der Waals surface area contributed by atoms with Crippen LogP contribution in [-0.4, -0.2) is 24.3 Å². The zero-order valence-electron chi connectivity index (χ0n) is 9.56. The molecule has 0 aliphatic carbocycles. The lowest BCUT2D eigenvalue weighted by Crippen LogP contribution is -2.07. The van der Waals surface area contributed by atoms with E-state index >= 15 is 0 Å². The van der Waals surface area contributed by atoms with Crippen molar-refractivity contribution >= 4 is 5.97 Å². The van der Waals surface area contributed by atoms with Crippen LogP contribution in [0.15, 0.2) is 30.3 Å². The molecule has 1 atom stereocenters. The Kier molecular flexibility index (Phi) is 5.57. The van der Waals surface area contributed by atoms with Gasteiger partial charge in [0.15, 0.2) is 0 Å². The summed E-state index contributed by atoms with van der Waals surface area (Å²) in [7, 11) is 0. The molecule has 0 saturated heterocycles. The molecule has 0 aliphatic heterocycles. The van der Waals surface area contributed by atoms with Gasteiger partial charge in [-0.15, -0.1) is 0 Å². The highest BCUT2D eigenvalue weighted by atomic mass is 16.5. The van der Waals surface area contributed by atoms with E-state index < -0.39 is 0 Å². The molecule has 3 nitrogen and oxygen atoms in total. The number of aliphatic hydroxyl groups is 1. The average molecular weight is 222 g/mol. The number of aliphatic hydroxyl groups excluding tert-OH is 1. The lowest BCUT2D eigenvalue weighted by atomic mass is 9.95. The van der Waals surface area contributed by atoms with E-state index in [-0.39, 0.29) is 18.5 Å². The maximum atomic E-state index is 10.6. The lowest BCUT2D eigenvalue weighted by Gasteiger charge is -2.14. The first kappa shape index (κ1) is 12.7. The Labute approximate surface area is 96.1 Å². The molecule has 0 fully saturated rings. The van der Waals surface area contributed by atoms with Crippen molar-refractivity contribution in [3.63, 3.8) is 0 Å². The Bertz CT molecular complexity index is 308. The summed E-state index contributed by atoms with van der Waals surface area (Å²) in [6.07, 6.45) is 1.60. The maximum Gasteiger partial charge on any atom is 0.302 e. The third-order valence-electron chi connectivity index (χ3n) is 2.49. The first-order valence-corrected chi connectivity index (χ1v) is 5.53. The van der Waals surface area contributed by atoms with E-state index in [1.165, 1.54) is 6.92 Å². The molecule has 0 heterocycles. The highest BCUT2D eigenvalue weighted by Gasteiger charge is 2.09. The molecular weight excluding hydrogens is 204 g/mol. The molecule has 16 heavy (non-hydrogen) atoms. The Morgan fingerprint density at radius 3 is 2.62 bits per heavy atom. The highest BCUT2D eigenvalue weighted by molar-refractivity contribution is 5.65. The van der Waals surface area contributed by atoms with E-state index in [0.717, 1.165) is 18.4 Å². The molecule has 1 unspecified atom stereocenters. The second-order valence-corrected chi connectivity index (χ2v) is 3.77. The summed E-state index contributed by atoms with van der Waals surface area (Å²) in [5, 5.41) is 9.28. The minimum atomic E-state index is -0.250. The van der Waals surface area contributed by atoms with E-state index in [1.54, 1.807) is 0 Å². The molecule has 3 heteroatoms. The van der Waals surface area contributed by atoms with Gasteiger partial charge in [-0.05, 0) is 18.4 Å². The molecule has 1 rings (SSSR count). The number of ether oxygens (including phenoxy) is 1. The third kappa shape index (κ3) is 4.45. The summed E-state index contributed by atoms with van der Waals surface area (Å²) in [6.45, 7) is 1.96. The number of hydrogen-bond acceptors (Lipinski definition) is 3. The van der Waals surface area contributed by atoms with Gasteiger partial charge >= 0.3 is 5.97 Å². The Balaban J connectivity index is 2.35. The number of benzene rings is 1. The van der Waals surface area contributed by atoms with Gasteiger partial charge < -0.3 is 9.84 Å². The average Bonchev–Trinajstić information content (AvgIpc) is 2.30. The number of rotatable bonds is 6. The van der Waals surface area contributed by atoms with Gasteiger partial charge in [-0.3, -0.25) is 4.79 Å². The van der Waals surface area contributed by atoms with Crippen LogP contribution in [-0.2, 0) is 9.53 Å². The smallest absolute Gasteiger partial charge is 0.302 e.